The van der Waals surface area contributed by atoms with Crippen LogP contribution in [0, 0.1) is 11.7 Å². The summed E-state index contributed by atoms with van der Waals surface area (Å²) in [5, 5.41) is 3.03. The van der Waals surface area contributed by atoms with Crippen molar-refractivity contribution in [1.82, 2.24) is 5.32 Å². The second kappa shape index (κ2) is 6.74. The van der Waals surface area contributed by atoms with Crippen LogP contribution in [0.25, 0.3) is 0 Å². The Morgan fingerprint density at radius 2 is 1.94 bits per heavy atom. The molecule has 1 aromatic carbocycles. The molecule has 1 unspecified atom stereocenters. The highest BCUT2D eigenvalue weighted by Gasteiger charge is 2.16. The van der Waals surface area contributed by atoms with Crippen molar-refractivity contribution in [2.75, 3.05) is 19.0 Å². The molecule has 0 amide bonds. The van der Waals surface area contributed by atoms with E-state index in [2.05, 4.69) is 31.0 Å². The lowest BCUT2D eigenvalue weighted by molar-refractivity contribution is 0.501. The third-order valence-corrected chi connectivity index (χ3v) is 3.30. The Balaban J connectivity index is 2.97. The summed E-state index contributed by atoms with van der Waals surface area (Å²) in [6, 6.07) is 5.70. The first-order valence-corrected chi connectivity index (χ1v) is 6.62. The lowest BCUT2D eigenvalue weighted by Crippen LogP contribution is -2.31. The highest BCUT2D eigenvalue weighted by molar-refractivity contribution is 5.54. The summed E-state index contributed by atoms with van der Waals surface area (Å²) in [6.45, 7) is 7.17. The molecule has 18 heavy (non-hydrogen) atoms. The van der Waals surface area contributed by atoms with E-state index in [4.69, 9.17) is 0 Å². The maximum atomic E-state index is 13.9. The van der Waals surface area contributed by atoms with Gasteiger partial charge in [-0.1, -0.05) is 19.9 Å². The molecule has 0 bridgehead atoms. The van der Waals surface area contributed by atoms with Crippen molar-refractivity contribution >= 4 is 5.69 Å². The van der Waals surface area contributed by atoms with Gasteiger partial charge in [0.15, 0.2) is 0 Å². The van der Waals surface area contributed by atoms with Gasteiger partial charge in [-0.15, -0.1) is 0 Å². The Morgan fingerprint density at radius 3 is 2.50 bits per heavy atom. The summed E-state index contributed by atoms with van der Waals surface area (Å²) in [6.07, 6.45) is 1.10. The van der Waals surface area contributed by atoms with Gasteiger partial charge in [0, 0.05) is 30.9 Å². The number of hydrogen-bond acceptors (Lipinski definition) is 2. The van der Waals surface area contributed by atoms with Crippen molar-refractivity contribution in [2.45, 2.75) is 39.8 Å². The van der Waals surface area contributed by atoms with Crippen molar-refractivity contribution in [1.29, 1.82) is 0 Å². The zero-order valence-corrected chi connectivity index (χ0v) is 12.1. The molecule has 1 rings (SSSR count). The minimum Gasteiger partial charge on any atom is -0.372 e. The molecule has 102 valence electrons. The standard InChI is InChI=1S/C15H25FN2/c1-11(2)9-12(3)18(5)15-8-6-7-14(16)13(15)10-17-4/h6-8,11-12,17H,9-10H2,1-5H3. The minimum atomic E-state index is -0.134. The number of benzene rings is 1. The largest absolute Gasteiger partial charge is 0.372 e. The fourth-order valence-corrected chi connectivity index (χ4v) is 2.31. The first kappa shape index (κ1) is 15.0. The highest BCUT2D eigenvalue weighted by atomic mass is 19.1. The van der Waals surface area contributed by atoms with Crippen LogP contribution in [0.5, 0.6) is 0 Å². The summed E-state index contributed by atoms with van der Waals surface area (Å²) in [4.78, 5) is 2.18. The molecule has 2 nitrogen and oxygen atoms in total. The summed E-state index contributed by atoms with van der Waals surface area (Å²) in [5.41, 5.74) is 1.73. The van der Waals surface area contributed by atoms with Crippen LogP contribution in [0.4, 0.5) is 10.1 Å². The minimum absolute atomic E-state index is 0.134. The maximum Gasteiger partial charge on any atom is 0.129 e. The van der Waals surface area contributed by atoms with Crippen molar-refractivity contribution in [3.63, 3.8) is 0 Å². The van der Waals surface area contributed by atoms with E-state index < -0.39 is 0 Å². The van der Waals surface area contributed by atoms with E-state index in [0.29, 0.717) is 18.5 Å². The summed E-state index contributed by atoms with van der Waals surface area (Å²) >= 11 is 0. The molecule has 0 aliphatic heterocycles. The lowest BCUT2D eigenvalue weighted by Gasteiger charge is -2.30. The molecule has 0 aliphatic rings. The van der Waals surface area contributed by atoms with Gasteiger partial charge >= 0.3 is 0 Å². The quantitative estimate of drug-likeness (QED) is 0.834. The molecule has 1 N–H and O–H groups in total. The average Bonchev–Trinajstić information content (AvgIpc) is 2.30. The second-order valence-corrected chi connectivity index (χ2v) is 5.36. The van der Waals surface area contributed by atoms with Crippen LogP contribution in [0.1, 0.15) is 32.8 Å². The van der Waals surface area contributed by atoms with Crippen LogP contribution >= 0.6 is 0 Å². The van der Waals surface area contributed by atoms with Crippen molar-refractivity contribution in [3.8, 4) is 0 Å². The van der Waals surface area contributed by atoms with Gasteiger partial charge in [0.25, 0.3) is 0 Å². The van der Waals surface area contributed by atoms with Crippen molar-refractivity contribution in [3.05, 3.63) is 29.6 Å². The Bertz CT molecular complexity index is 377. The monoisotopic (exact) mass is 252 g/mol. The predicted octanol–water partition coefficient (Wildman–Crippen LogP) is 3.42. The zero-order valence-electron chi connectivity index (χ0n) is 12.1. The highest BCUT2D eigenvalue weighted by Crippen LogP contribution is 2.25. The van der Waals surface area contributed by atoms with Crippen LogP contribution in [-0.2, 0) is 6.54 Å². The molecule has 0 fully saturated rings. The van der Waals surface area contributed by atoms with Crippen LogP contribution in [-0.4, -0.2) is 20.1 Å². The summed E-state index contributed by atoms with van der Waals surface area (Å²) in [5.74, 6) is 0.509. The van der Waals surface area contributed by atoms with Crippen molar-refractivity contribution in [2.24, 2.45) is 5.92 Å². The number of hydrogen-bond donors (Lipinski definition) is 1. The molecule has 0 saturated heterocycles. The van der Waals surface area contributed by atoms with E-state index >= 15 is 0 Å². The van der Waals surface area contributed by atoms with Gasteiger partial charge in [-0.3, -0.25) is 0 Å². The van der Waals surface area contributed by atoms with Gasteiger partial charge < -0.3 is 10.2 Å². The Kier molecular flexibility index (Phi) is 5.60. The second-order valence-electron chi connectivity index (χ2n) is 5.36. The number of rotatable bonds is 6. The fraction of sp³-hybridized carbons (Fsp3) is 0.600. The van der Waals surface area contributed by atoms with Gasteiger partial charge in [0.1, 0.15) is 5.82 Å². The molecule has 1 atom stereocenters. The number of halogens is 1. The van der Waals surface area contributed by atoms with E-state index in [9.17, 15) is 4.39 Å². The van der Waals surface area contributed by atoms with E-state index in [1.54, 1.807) is 6.07 Å². The number of nitrogens with zero attached hydrogens (tertiary/aromatic N) is 1. The first-order valence-electron chi connectivity index (χ1n) is 6.62. The molecule has 0 radical (unpaired) electrons. The van der Waals surface area contributed by atoms with Crippen LogP contribution < -0.4 is 10.2 Å². The zero-order chi connectivity index (χ0) is 13.7. The Morgan fingerprint density at radius 1 is 1.28 bits per heavy atom. The van der Waals surface area contributed by atoms with Gasteiger partial charge in [0.2, 0.25) is 0 Å². The van der Waals surface area contributed by atoms with Crippen LogP contribution in [0.3, 0.4) is 0 Å². The first-order chi connectivity index (χ1) is 8.47. The molecular formula is C15H25FN2. The van der Waals surface area contributed by atoms with Crippen molar-refractivity contribution < 1.29 is 4.39 Å². The molecule has 3 heteroatoms. The van der Waals surface area contributed by atoms with Gasteiger partial charge in [-0.05, 0) is 38.4 Å². The van der Waals surface area contributed by atoms with E-state index in [1.165, 1.54) is 6.07 Å². The molecule has 0 spiro atoms. The van der Waals surface area contributed by atoms with E-state index in [1.807, 2.05) is 20.2 Å². The molecule has 0 aromatic heterocycles. The molecule has 1 aromatic rings. The average molecular weight is 252 g/mol. The normalized spacial score (nSPS) is 12.8. The van der Waals surface area contributed by atoms with Gasteiger partial charge in [-0.25, -0.2) is 4.39 Å². The Hall–Kier alpha value is -1.09. The van der Waals surface area contributed by atoms with Gasteiger partial charge in [0.05, 0.1) is 0 Å². The van der Waals surface area contributed by atoms with Crippen LogP contribution in [0.15, 0.2) is 18.2 Å². The fourth-order valence-electron chi connectivity index (χ4n) is 2.31. The third-order valence-electron chi connectivity index (χ3n) is 3.30. The SMILES string of the molecule is CNCc1c(F)cccc1N(C)C(C)CC(C)C. The van der Waals surface area contributed by atoms with E-state index in [-0.39, 0.29) is 5.82 Å². The van der Waals surface area contributed by atoms with E-state index in [0.717, 1.165) is 17.7 Å². The van der Waals surface area contributed by atoms with Gasteiger partial charge in [-0.2, -0.15) is 0 Å². The number of nitrogens with one attached hydrogen (secondary N) is 1. The molecular weight excluding hydrogens is 227 g/mol. The topological polar surface area (TPSA) is 15.3 Å². The van der Waals surface area contributed by atoms with Crippen LogP contribution in [0.2, 0.25) is 0 Å². The molecule has 0 heterocycles. The lowest BCUT2D eigenvalue weighted by atomic mass is 10.0. The number of anilines is 1. The Labute approximate surface area is 110 Å². The molecule has 0 aliphatic carbocycles. The summed E-state index contributed by atoms with van der Waals surface area (Å²) in [7, 11) is 3.88. The maximum absolute atomic E-state index is 13.9. The predicted molar refractivity (Wildman–Crippen MR) is 76.5 cm³/mol. The summed E-state index contributed by atoms with van der Waals surface area (Å²) < 4.78 is 13.9. The smallest absolute Gasteiger partial charge is 0.129 e. The molecule has 0 saturated carbocycles. The third kappa shape index (κ3) is 3.70.